The van der Waals surface area contributed by atoms with Crippen LogP contribution in [0.25, 0.3) is 0 Å². The molecule has 0 amide bonds. The van der Waals surface area contributed by atoms with Gasteiger partial charge in [0.2, 0.25) is 0 Å². The molecule has 2 atom stereocenters. The summed E-state index contributed by atoms with van der Waals surface area (Å²) in [6, 6.07) is 9.00. The lowest BCUT2D eigenvalue weighted by molar-refractivity contribution is -0.0976. The molecular weight excluding hydrogens is 234 g/mol. The topological polar surface area (TPSA) is 35.2 Å². The molecule has 1 aliphatic rings. The van der Waals surface area contributed by atoms with E-state index in [2.05, 4.69) is 45.0 Å². The first-order valence-electron chi connectivity index (χ1n) is 7.45. The Morgan fingerprint density at radius 3 is 2.53 bits per heavy atom. The second-order valence-corrected chi connectivity index (χ2v) is 6.26. The van der Waals surface area contributed by atoms with Crippen LogP contribution < -0.4 is 5.73 Å². The Bertz CT molecular complexity index is 410. The predicted octanol–water partition coefficient (Wildman–Crippen LogP) is 3.56. The van der Waals surface area contributed by atoms with Crippen LogP contribution in [-0.2, 0) is 10.2 Å². The Morgan fingerprint density at radius 2 is 1.95 bits per heavy atom. The summed E-state index contributed by atoms with van der Waals surface area (Å²) in [5.41, 5.74) is 8.85. The van der Waals surface area contributed by atoms with Crippen molar-refractivity contribution in [3.8, 4) is 0 Å². The normalized spacial score (nSPS) is 31.4. The lowest BCUT2D eigenvalue weighted by atomic mass is 9.66. The van der Waals surface area contributed by atoms with Gasteiger partial charge in [-0.25, -0.2) is 0 Å². The van der Waals surface area contributed by atoms with E-state index in [1.165, 1.54) is 11.1 Å². The zero-order chi connectivity index (χ0) is 13.9. The summed E-state index contributed by atoms with van der Waals surface area (Å²) in [6.07, 6.45) is 4.28. The van der Waals surface area contributed by atoms with Gasteiger partial charge in [0.15, 0.2) is 0 Å². The van der Waals surface area contributed by atoms with Gasteiger partial charge in [0.05, 0.1) is 5.60 Å². The van der Waals surface area contributed by atoms with Crippen LogP contribution >= 0.6 is 0 Å². The predicted molar refractivity (Wildman–Crippen MR) is 80.4 cm³/mol. The first-order chi connectivity index (χ1) is 9.03. The Morgan fingerprint density at radius 1 is 1.26 bits per heavy atom. The molecule has 0 aromatic heterocycles. The van der Waals surface area contributed by atoms with Crippen molar-refractivity contribution in [2.45, 2.75) is 57.5 Å². The van der Waals surface area contributed by atoms with Crippen molar-refractivity contribution < 1.29 is 4.74 Å². The number of hydrogen-bond acceptors (Lipinski definition) is 2. The molecule has 1 aromatic rings. The third-order valence-corrected chi connectivity index (χ3v) is 4.78. The number of nitrogens with two attached hydrogens (primary N) is 1. The lowest BCUT2D eigenvalue weighted by Gasteiger charge is -2.46. The van der Waals surface area contributed by atoms with Gasteiger partial charge in [-0.1, -0.05) is 36.8 Å². The van der Waals surface area contributed by atoms with Gasteiger partial charge in [-0.2, -0.15) is 0 Å². The largest absolute Gasteiger partial charge is 0.375 e. The van der Waals surface area contributed by atoms with Gasteiger partial charge in [-0.15, -0.1) is 0 Å². The van der Waals surface area contributed by atoms with Crippen LogP contribution in [0.4, 0.5) is 0 Å². The van der Waals surface area contributed by atoms with E-state index in [1.54, 1.807) is 0 Å². The van der Waals surface area contributed by atoms with Crippen LogP contribution in [0.2, 0.25) is 0 Å². The van der Waals surface area contributed by atoms with E-state index in [9.17, 15) is 0 Å². The monoisotopic (exact) mass is 261 g/mol. The van der Waals surface area contributed by atoms with Gasteiger partial charge in [0, 0.05) is 12.0 Å². The van der Waals surface area contributed by atoms with Crippen LogP contribution in [0.15, 0.2) is 24.3 Å². The Hall–Kier alpha value is -0.860. The van der Waals surface area contributed by atoms with Gasteiger partial charge in [-0.05, 0) is 51.6 Å². The molecule has 0 bridgehead atoms. The van der Waals surface area contributed by atoms with Gasteiger partial charge in [-0.3, -0.25) is 0 Å². The minimum absolute atomic E-state index is 0.00168. The molecule has 1 aliphatic heterocycles. The van der Waals surface area contributed by atoms with Crippen LogP contribution in [0.5, 0.6) is 0 Å². The average molecular weight is 261 g/mol. The number of hydrogen-bond donors (Lipinski definition) is 1. The quantitative estimate of drug-likeness (QED) is 0.899. The number of aryl methyl sites for hydroxylation is 1. The third kappa shape index (κ3) is 3.01. The summed E-state index contributed by atoms with van der Waals surface area (Å²) in [5.74, 6) is 0. The van der Waals surface area contributed by atoms with Crippen molar-refractivity contribution in [1.29, 1.82) is 0 Å². The molecule has 19 heavy (non-hydrogen) atoms. The summed E-state index contributed by atoms with van der Waals surface area (Å²) in [5, 5.41) is 0. The number of benzene rings is 1. The highest BCUT2D eigenvalue weighted by atomic mass is 16.5. The van der Waals surface area contributed by atoms with Gasteiger partial charge in [0.25, 0.3) is 0 Å². The first-order valence-corrected chi connectivity index (χ1v) is 7.45. The summed E-state index contributed by atoms with van der Waals surface area (Å²) < 4.78 is 6.02. The van der Waals surface area contributed by atoms with E-state index < -0.39 is 0 Å². The van der Waals surface area contributed by atoms with E-state index in [0.29, 0.717) is 0 Å². The van der Waals surface area contributed by atoms with Crippen molar-refractivity contribution in [3.63, 3.8) is 0 Å². The first kappa shape index (κ1) is 14.5. The molecule has 2 heteroatoms. The van der Waals surface area contributed by atoms with Crippen molar-refractivity contribution in [1.82, 2.24) is 0 Å². The fraction of sp³-hybridized carbons (Fsp3) is 0.647. The minimum atomic E-state index is -0.00168. The smallest absolute Gasteiger partial charge is 0.0660 e. The summed E-state index contributed by atoms with van der Waals surface area (Å²) in [7, 11) is 0. The van der Waals surface area contributed by atoms with Crippen LogP contribution in [0.1, 0.15) is 50.7 Å². The average Bonchev–Trinajstić information content (AvgIpc) is 2.40. The fourth-order valence-electron chi connectivity index (χ4n) is 3.36. The maximum Gasteiger partial charge on any atom is 0.0660 e. The highest BCUT2D eigenvalue weighted by Crippen LogP contribution is 2.44. The molecule has 2 rings (SSSR count). The zero-order valence-electron chi connectivity index (χ0n) is 12.5. The summed E-state index contributed by atoms with van der Waals surface area (Å²) in [4.78, 5) is 0. The van der Waals surface area contributed by atoms with E-state index in [4.69, 9.17) is 10.5 Å². The summed E-state index contributed by atoms with van der Waals surface area (Å²) >= 11 is 0. The molecule has 0 unspecified atom stereocenters. The molecule has 0 saturated carbocycles. The maximum atomic E-state index is 6.02. The Balaban J connectivity index is 2.34. The highest BCUT2D eigenvalue weighted by molar-refractivity contribution is 5.30. The molecule has 106 valence electrons. The van der Waals surface area contributed by atoms with E-state index in [-0.39, 0.29) is 11.0 Å². The highest BCUT2D eigenvalue weighted by Gasteiger charge is 2.42. The van der Waals surface area contributed by atoms with Gasteiger partial charge < -0.3 is 10.5 Å². The van der Waals surface area contributed by atoms with Gasteiger partial charge in [0.1, 0.15) is 0 Å². The van der Waals surface area contributed by atoms with Crippen molar-refractivity contribution in [2.75, 3.05) is 13.2 Å². The molecule has 2 nitrogen and oxygen atoms in total. The van der Waals surface area contributed by atoms with Crippen molar-refractivity contribution in [2.24, 2.45) is 5.73 Å². The van der Waals surface area contributed by atoms with Gasteiger partial charge >= 0.3 is 0 Å². The summed E-state index contributed by atoms with van der Waals surface area (Å²) in [6.45, 7) is 8.19. The van der Waals surface area contributed by atoms with Crippen molar-refractivity contribution in [3.05, 3.63) is 35.4 Å². The fourth-order valence-corrected chi connectivity index (χ4v) is 3.36. The lowest BCUT2D eigenvalue weighted by Crippen LogP contribution is -2.46. The van der Waals surface area contributed by atoms with E-state index in [0.717, 1.165) is 38.8 Å². The maximum absolute atomic E-state index is 6.02. The van der Waals surface area contributed by atoms with Crippen molar-refractivity contribution >= 4 is 0 Å². The number of ether oxygens (including phenoxy) is 1. The molecule has 1 saturated heterocycles. The SMILES string of the molecule is CC[C@@]1(C)C[C@@](CCN)(c2ccc(C)cc2)CCO1. The minimum Gasteiger partial charge on any atom is -0.375 e. The third-order valence-electron chi connectivity index (χ3n) is 4.78. The molecule has 0 radical (unpaired) electrons. The van der Waals surface area contributed by atoms with Crippen LogP contribution in [-0.4, -0.2) is 18.8 Å². The molecule has 1 fully saturated rings. The molecule has 0 spiro atoms. The Kier molecular flexibility index (Phi) is 4.32. The van der Waals surface area contributed by atoms with Crippen LogP contribution in [0.3, 0.4) is 0 Å². The van der Waals surface area contributed by atoms with E-state index >= 15 is 0 Å². The second-order valence-electron chi connectivity index (χ2n) is 6.26. The molecule has 0 aliphatic carbocycles. The second kappa shape index (κ2) is 5.64. The molecule has 2 N–H and O–H groups in total. The molecular formula is C17H27NO. The van der Waals surface area contributed by atoms with E-state index in [1.807, 2.05) is 0 Å². The number of rotatable bonds is 4. The standard InChI is InChI=1S/C17H27NO/c1-4-16(3)13-17(9-11-18,10-12-19-16)15-7-5-14(2)6-8-15/h5-8H,4,9-13,18H2,1-3H3/t16-,17-/m0/s1. The molecule has 1 heterocycles. The Labute approximate surface area is 117 Å². The zero-order valence-corrected chi connectivity index (χ0v) is 12.5. The van der Waals surface area contributed by atoms with Crippen LogP contribution in [0, 0.1) is 6.92 Å². The molecule has 1 aromatic carbocycles.